The third-order valence-electron chi connectivity index (χ3n) is 5.56. The molecule has 0 aliphatic carbocycles. The monoisotopic (exact) mass is 497 g/mol. The quantitative estimate of drug-likeness (QED) is 0.257. The van der Waals surface area contributed by atoms with Gasteiger partial charge in [-0.15, -0.1) is 11.8 Å². The van der Waals surface area contributed by atoms with E-state index >= 15 is 0 Å². The zero-order valence-electron chi connectivity index (χ0n) is 18.6. The van der Waals surface area contributed by atoms with Crippen LogP contribution in [0.2, 0.25) is 10.0 Å². The number of aromatic nitrogens is 2. The van der Waals surface area contributed by atoms with Crippen molar-refractivity contribution in [2.75, 3.05) is 6.26 Å². The van der Waals surface area contributed by atoms with Crippen LogP contribution in [0.1, 0.15) is 35.7 Å². The van der Waals surface area contributed by atoms with E-state index in [1.54, 1.807) is 17.8 Å². The SMILES string of the molecule is CCCCn1c(-c2ccc(Cl)c(Cl)c2)nc2cc(C(=O)NCc3ccccc3SC)ccc21. The van der Waals surface area contributed by atoms with Crippen LogP contribution in [0.15, 0.2) is 65.6 Å². The van der Waals surface area contributed by atoms with Crippen molar-refractivity contribution in [2.24, 2.45) is 0 Å². The van der Waals surface area contributed by atoms with Crippen molar-refractivity contribution in [3.63, 3.8) is 0 Å². The molecule has 0 bridgehead atoms. The average molecular weight is 498 g/mol. The second-order valence-corrected chi connectivity index (χ2v) is 9.43. The van der Waals surface area contributed by atoms with Crippen LogP contribution in [0.3, 0.4) is 0 Å². The molecule has 4 rings (SSSR count). The Hall–Kier alpha value is -2.47. The average Bonchev–Trinajstić information content (AvgIpc) is 3.20. The van der Waals surface area contributed by atoms with Crippen LogP contribution in [-0.2, 0) is 13.1 Å². The van der Waals surface area contributed by atoms with E-state index in [-0.39, 0.29) is 5.91 Å². The van der Waals surface area contributed by atoms with Crippen LogP contribution >= 0.6 is 35.0 Å². The number of carbonyl (C=O) groups is 1. The molecule has 4 nitrogen and oxygen atoms in total. The first-order valence-electron chi connectivity index (χ1n) is 10.9. The van der Waals surface area contributed by atoms with Gasteiger partial charge in [-0.3, -0.25) is 4.79 Å². The summed E-state index contributed by atoms with van der Waals surface area (Å²) in [4.78, 5) is 18.9. The first-order valence-corrected chi connectivity index (χ1v) is 12.9. The summed E-state index contributed by atoms with van der Waals surface area (Å²) in [5.41, 5.74) is 4.37. The van der Waals surface area contributed by atoms with E-state index in [1.807, 2.05) is 54.8 Å². The maximum atomic E-state index is 12.9. The fraction of sp³-hybridized carbons (Fsp3) is 0.231. The Kier molecular flexibility index (Phi) is 7.63. The molecular weight excluding hydrogens is 473 g/mol. The number of fused-ring (bicyclic) bond motifs is 1. The van der Waals surface area contributed by atoms with E-state index in [1.165, 1.54) is 0 Å². The number of carbonyl (C=O) groups excluding carboxylic acids is 1. The standard InChI is InChI=1S/C26H25Cl2N3OS/c1-3-4-13-31-23-12-10-18(26(32)29-16-19-7-5-6-8-24(19)33-2)15-22(23)30-25(31)17-9-11-20(27)21(28)14-17/h5-12,14-15H,3-4,13,16H2,1-2H3,(H,29,32). The van der Waals surface area contributed by atoms with Gasteiger partial charge in [-0.05, 0) is 60.7 Å². The first kappa shape index (κ1) is 23.7. The molecule has 1 N–H and O–H groups in total. The van der Waals surface area contributed by atoms with E-state index in [2.05, 4.69) is 22.9 Å². The Bertz CT molecular complexity index is 1300. The highest BCUT2D eigenvalue weighted by Gasteiger charge is 2.16. The van der Waals surface area contributed by atoms with Crippen LogP contribution in [0.25, 0.3) is 22.4 Å². The molecule has 0 aliphatic rings. The highest BCUT2D eigenvalue weighted by molar-refractivity contribution is 7.98. The number of thioether (sulfide) groups is 1. The summed E-state index contributed by atoms with van der Waals surface area (Å²) in [5.74, 6) is 0.704. The van der Waals surface area contributed by atoms with E-state index in [4.69, 9.17) is 28.2 Å². The summed E-state index contributed by atoms with van der Waals surface area (Å²) in [5, 5.41) is 4.04. The molecule has 33 heavy (non-hydrogen) atoms. The lowest BCUT2D eigenvalue weighted by atomic mass is 10.1. The van der Waals surface area contributed by atoms with Crippen LogP contribution in [0.4, 0.5) is 0 Å². The van der Waals surface area contributed by atoms with Crippen molar-refractivity contribution in [2.45, 2.75) is 37.8 Å². The second kappa shape index (κ2) is 10.6. The summed E-state index contributed by atoms with van der Waals surface area (Å²) >= 11 is 14.1. The van der Waals surface area contributed by atoms with Gasteiger partial charge >= 0.3 is 0 Å². The Balaban J connectivity index is 1.65. The van der Waals surface area contributed by atoms with Gasteiger partial charge in [-0.1, -0.05) is 54.7 Å². The smallest absolute Gasteiger partial charge is 0.251 e. The van der Waals surface area contributed by atoms with Crippen LogP contribution in [-0.4, -0.2) is 21.7 Å². The normalized spacial score (nSPS) is 11.2. The molecule has 0 saturated carbocycles. The van der Waals surface area contributed by atoms with Gasteiger partial charge in [-0.25, -0.2) is 4.98 Å². The molecule has 4 aromatic rings. The molecule has 170 valence electrons. The summed E-state index contributed by atoms with van der Waals surface area (Å²) in [6, 6.07) is 19.3. The lowest BCUT2D eigenvalue weighted by Crippen LogP contribution is -2.23. The van der Waals surface area contributed by atoms with E-state index < -0.39 is 0 Å². The first-order chi connectivity index (χ1) is 16.0. The number of amides is 1. The number of halogens is 2. The van der Waals surface area contributed by atoms with Crippen LogP contribution in [0.5, 0.6) is 0 Å². The van der Waals surface area contributed by atoms with Crippen LogP contribution < -0.4 is 5.32 Å². The molecular formula is C26H25Cl2N3OS. The van der Waals surface area contributed by atoms with Crippen molar-refractivity contribution in [1.29, 1.82) is 0 Å². The molecule has 1 heterocycles. The highest BCUT2D eigenvalue weighted by Crippen LogP contribution is 2.31. The number of hydrogen-bond donors (Lipinski definition) is 1. The zero-order chi connectivity index (χ0) is 23.4. The Morgan fingerprint density at radius 3 is 2.64 bits per heavy atom. The summed E-state index contributed by atoms with van der Waals surface area (Å²) in [6.45, 7) is 3.47. The second-order valence-electron chi connectivity index (χ2n) is 7.77. The van der Waals surface area contributed by atoms with Gasteiger partial charge in [-0.2, -0.15) is 0 Å². The summed E-state index contributed by atoms with van der Waals surface area (Å²) in [7, 11) is 0. The molecule has 0 saturated heterocycles. The Morgan fingerprint density at radius 2 is 1.88 bits per heavy atom. The third kappa shape index (κ3) is 5.21. The fourth-order valence-corrected chi connectivity index (χ4v) is 4.71. The molecule has 0 fully saturated rings. The van der Waals surface area contributed by atoms with Gasteiger partial charge in [0.2, 0.25) is 0 Å². The number of rotatable bonds is 8. The largest absolute Gasteiger partial charge is 0.348 e. The number of nitrogens with one attached hydrogen (secondary N) is 1. The highest BCUT2D eigenvalue weighted by atomic mass is 35.5. The van der Waals surface area contributed by atoms with E-state index in [0.29, 0.717) is 22.2 Å². The van der Waals surface area contributed by atoms with Gasteiger partial charge in [0.15, 0.2) is 0 Å². The minimum absolute atomic E-state index is 0.119. The molecule has 0 radical (unpaired) electrons. The maximum absolute atomic E-state index is 12.9. The minimum Gasteiger partial charge on any atom is -0.348 e. The predicted octanol–water partition coefficient (Wildman–Crippen LogP) is 7.46. The molecule has 1 amide bonds. The number of hydrogen-bond acceptors (Lipinski definition) is 3. The predicted molar refractivity (Wildman–Crippen MR) is 139 cm³/mol. The number of unbranched alkanes of at least 4 members (excludes halogenated alkanes) is 1. The number of imidazole rings is 1. The molecule has 3 aromatic carbocycles. The summed E-state index contributed by atoms with van der Waals surface area (Å²) < 4.78 is 2.19. The number of nitrogens with zero attached hydrogens (tertiary/aromatic N) is 2. The zero-order valence-corrected chi connectivity index (χ0v) is 20.9. The van der Waals surface area contributed by atoms with Crippen molar-refractivity contribution in [3.05, 3.63) is 81.8 Å². The lowest BCUT2D eigenvalue weighted by Gasteiger charge is -2.10. The lowest BCUT2D eigenvalue weighted by molar-refractivity contribution is 0.0950. The molecule has 0 aliphatic heterocycles. The molecule has 1 aromatic heterocycles. The molecule has 7 heteroatoms. The number of aryl methyl sites for hydroxylation is 1. The van der Waals surface area contributed by atoms with Gasteiger partial charge < -0.3 is 9.88 Å². The fourth-order valence-electron chi connectivity index (χ4n) is 3.80. The van der Waals surface area contributed by atoms with Gasteiger partial charge in [0.05, 0.1) is 21.1 Å². The van der Waals surface area contributed by atoms with Gasteiger partial charge in [0, 0.05) is 29.1 Å². The summed E-state index contributed by atoms with van der Waals surface area (Å²) in [6.07, 6.45) is 4.13. The molecule has 0 atom stereocenters. The van der Waals surface area contributed by atoms with E-state index in [0.717, 1.165) is 52.3 Å². The van der Waals surface area contributed by atoms with Crippen molar-refractivity contribution < 1.29 is 4.79 Å². The Morgan fingerprint density at radius 1 is 1.06 bits per heavy atom. The van der Waals surface area contributed by atoms with Gasteiger partial charge in [0.1, 0.15) is 5.82 Å². The maximum Gasteiger partial charge on any atom is 0.251 e. The molecule has 0 spiro atoms. The van der Waals surface area contributed by atoms with Crippen molar-refractivity contribution >= 4 is 51.9 Å². The van der Waals surface area contributed by atoms with Gasteiger partial charge in [0.25, 0.3) is 5.91 Å². The van der Waals surface area contributed by atoms with E-state index in [9.17, 15) is 4.79 Å². The topological polar surface area (TPSA) is 46.9 Å². The third-order valence-corrected chi connectivity index (χ3v) is 7.13. The van der Waals surface area contributed by atoms with Crippen molar-refractivity contribution in [3.8, 4) is 11.4 Å². The molecule has 0 unspecified atom stereocenters. The van der Waals surface area contributed by atoms with Crippen LogP contribution in [0, 0.1) is 0 Å². The number of benzene rings is 3. The minimum atomic E-state index is -0.119. The van der Waals surface area contributed by atoms with Crippen molar-refractivity contribution in [1.82, 2.24) is 14.9 Å². The Labute approximate surface area is 208 Å².